The van der Waals surface area contributed by atoms with E-state index in [1.54, 1.807) is 0 Å². The van der Waals surface area contributed by atoms with E-state index < -0.39 is 0 Å². The Bertz CT molecular complexity index is 130. The average molecular weight is 167 g/mol. The maximum Gasteiger partial charge on any atom is 0.127 e. The lowest BCUT2D eigenvalue weighted by molar-refractivity contribution is -0.122. The lowest BCUT2D eigenvalue weighted by Gasteiger charge is -2.22. The Morgan fingerprint density at radius 3 is 1.92 bits per heavy atom. The number of hydrogen-bond donors (Lipinski definition) is 0. The molecule has 1 saturated carbocycles. The molecule has 0 aromatic rings. The molecule has 1 aliphatic rings. The van der Waals surface area contributed by atoms with Crippen molar-refractivity contribution in [1.82, 2.24) is 4.90 Å². The highest BCUT2D eigenvalue weighted by atomic mass is 16.1. The van der Waals surface area contributed by atoms with Crippen molar-refractivity contribution in [3.05, 3.63) is 0 Å². The first kappa shape index (κ1) is 11.7. The average Bonchev–Trinajstić information content (AvgIpc) is 1.82. The zero-order valence-corrected chi connectivity index (χ0v) is 8.34. The van der Waals surface area contributed by atoms with Gasteiger partial charge in [-0.05, 0) is 40.3 Å². The Balaban J connectivity index is 0.000000261. The van der Waals surface area contributed by atoms with Gasteiger partial charge >= 0.3 is 0 Å². The smallest absolute Gasteiger partial charge is 0.127 e. The van der Waals surface area contributed by atoms with Gasteiger partial charge in [0.2, 0.25) is 0 Å². The third kappa shape index (κ3) is 5.36. The third-order valence-corrected chi connectivity index (χ3v) is 1.76. The van der Waals surface area contributed by atoms with Crippen LogP contribution >= 0.6 is 0 Å². The van der Waals surface area contributed by atoms with Crippen LogP contribution in [0.1, 0.15) is 19.3 Å². The molecule has 0 unspecified atom stereocenters. The summed E-state index contributed by atoms with van der Waals surface area (Å²) in [5.41, 5.74) is 0. The highest BCUT2D eigenvalue weighted by Crippen LogP contribution is 2.27. The van der Waals surface area contributed by atoms with Gasteiger partial charge in [0, 0.05) is 5.92 Å². The molecule has 0 aliphatic heterocycles. The molecule has 12 heavy (non-hydrogen) atoms. The van der Waals surface area contributed by atoms with Gasteiger partial charge in [0.05, 0.1) is 7.85 Å². The Kier molecular flexibility index (Phi) is 6.08. The summed E-state index contributed by atoms with van der Waals surface area (Å²) in [6, 6.07) is 0. The zero-order chi connectivity index (χ0) is 9.56. The molecule has 1 rings (SSSR count). The van der Waals surface area contributed by atoms with E-state index in [9.17, 15) is 4.79 Å². The van der Waals surface area contributed by atoms with Crippen LogP contribution in [0.5, 0.6) is 0 Å². The van der Waals surface area contributed by atoms with Crippen molar-refractivity contribution in [2.24, 2.45) is 5.92 Å². The number of hydrogen-bond acceptors (Lipinski definition) is 2. The van der Waals surface area contributed by atoms with Crippen LogP contribution in [0.25, 0.3) is 0 Å². The Morgan fingerprint density at radius 2 is 1.83 bits per heavy atom. The molecule has 3 heteroatoms. The van der Waals surface area contributed by atoms with Crippen LogP contribution in [-0.4, -0.2) is 39.7 Å². The van der Waals surface area contributed by atoms with Gasteiger partial charge in [-0.3, -0.25) is 0 Å². The van der Waals surface area contributed by atoms with Gasteiger partial charge < -0.3 is 9.69 Å². The van der Waals surface area contributed by atoms with Gasteiger partial charge in [-0.25, -0.2) is 0 Å². The number of carbonyl (C=O) groups is 1. The van der Waals surface area contributed by atoms with Crippen LogP contribution in [0.3, 0.4) is 0 Å². The first-order valence-electron chi connectivity index (χ1n) is 4.41. The molecule has 0 amide bonds. The molecule has 0 aromatic heterocycles. The molecule has 2 nitrogen and oxygen atoms in total. The molecule has 0 heterocycles. The highest BCUT2D eigenvalue weighted by Gasteiger charge is 2.22. The van der Waals surface area contributed by atoms with E-state index in [4.69, 9.17) is 7.85 Å². The second-order valence-electron chi connectivity index (χ2n) is 3.64. The summed E-state index contributed by atoms with van der Waals surface area (Å²) in [6.45, 7) is 0. The standard InChI is InChI=1S/C6H9BO.C3H9N/c7-4-6(8)5-2-1-3-5;1-4(2)3/h5H,1-4H2;1-3H3. The number of Topliss-reactive ketones (excluding diaryl/α,β-unsaturated/α-hetero) is 1. The van der Waals surface area contributed by atoms with Crippen molar-refractivity contribution in [3.63, 3.8) is 0 Å². The van der Waals surface area contributed by atoms with Crippen LogP contribution < -0.4 is 0 Å². The first-order valence-corrected chi connectivity index (χ1v) is 4.41. The maximum absolute atomic E-state index is 10.7. The second kappa shape index (κ2) is 6.24. The van der Waals surface area contributed by atoms with Gasteiger partial charge in [0.15, 0.2) is 0 Å². The van der Waals surface area contributed by atoms with Crippen molar-refractivity contribution in [1.29, 1.82) is 0 Å². The molecule has 68 valence electrons. The molecule has 0 bridgehead atoms. The fraction of sp³-hybridized carbons (Fsp3) is 0.889. The van der Waals surface area contributed by atoms with Crippen molar-refractivity contribution < 1.29 is 4.79 Å². The predicted molar refractivity (Wildman–Crippen MR) is 52.5 cm³/mol. The van der Waals surface area contributed by atoms with Gasteiger partial charge in [-0.2, -0.15) is 0 Å². The molecular weight excluding hydrogens is 149 g/mol. The van der Waals surface area contributed by atoms with Gasteiger partial charge in [-0.1, -0.05) is 6.42 Å². The third-order valence-electron chi connectivity index (χ3n) is 1.76. The van der Waals surface area contributed by atoms with Crippen LogP contribution in [0.15, 0.2) is 0 Å². The summed E-state index contributed by atoms with van der Waals surface area (Å²) < 4.78 is 0. The van der Waals surface area contributed by atoms with Crippen molar-refractivity contribution in [2.75, 3.05) is 21.1 Å². The molecule has 1 aliphatic carbocycles. The Labute approximate surface area is 76.7 Å². The maximum atomic E-state index is 10.7. The first-order chi connectivity index (χ1) is 5.57. The van der Waals surface area contributed by atoms with E-state index in [2.05, 4.69) is 0 Å². The van der Waals surface area contributed by atoms with Crippen LogP contribution in [0.2, 0.25) is 6.32 Å². The lowest BCUT2D eigenvalue weighted by Crippen LogP contribution is -2.20. The van der Waals surface area contributed by atoms with E-state index in [1.165, 1.54) is 6.42 Å². The van der Waals surface area contributed by atoms with Gasteiger partial charge in [0.25, 0.3) is 0 Å². The molecule has 0 N–H and O–H groups in total. The van der Waals surface area contributed by atoms with Crippen LogP contribution in [-0.2, 0) is 4.79 Å². The lowest BCUT2D eigenvalue weighted by atomic mass is 9.78. The minimum Gasteiger partial charge on any atom is -0.312 e. The summed E-state index contributed by atoms with van der Waals surface area (Å²) in [6.07, 6.45) is 3.62. The molecule has 0 atom stereocenters. The largest absolute Gasteiger partial charge is 0.312 e. The fourth-order valence-corrected chi connectivity index (χ4v) is 0.897. The second-order valence-corrected chi connectivity index (χ2v) is 3.64. The summed E-state index contributed by atoms with van der Waals surface area (Å²) in [5.74, 6) is 0.580. The molecule has 2 radical (unpaired) electrons. The van der Waals surface area contributed by atoms with Crippen LogP contribution in [0.4, 0.5) is 0 Å². The summed E-state index contributed by atoms with van der Waals surface area (Å²) >= 11 is 0. The fourth-order valence-electron chi connectivity index (χ4n) is 0.897. The molecule has 0 spiro atoms. The SMILES string of the molecule is CN(C)C.[B]CC(=O)C1CCC1. The summed E-state index contributed by atoms with van der Waals surface area (Å²) in [7, 11) is 11.1. The minimum atomic E-state index is 0.241. The zero-order valence-electron chi connectivity index (χ0n) is 8.34. The van der Waals surface area contributed by atoms with E-state index in [-0.39, 0.29) is 12.1 Å². The van der Waals surface area contributed by atoms with Gasteiger partial charge in [-0.15, -0.1) is 0 Å². The normalized spacial score (nSPS) is 16.3. The summed E-state index contributed by atoms with van der Waals surface area (Å²) in [5, 5.41) is 0. The topological polar surface area (TPSA) is 20.3 Å². The number of nitrogens with zero attached hydrogens (tertiary/aromatic N) is 1. The van der Waals surface area contributed by atoms with E-state index in [1.807, 2.05) is 26.0 Å². The van der Waals surface area contributed by atoms with E-state index >= 15 is 0 Å². The summed E-state index contributed by atoms with van der Waals surface area (Å²) in [4.78, 5) is 12.7. The van der Waals surface area contributed by atoms with E-state index in [0.29, 0.717) is 5.92 Å². The van der Waals surface area contributed by atoms with Crippen molar-refractivity contribution in [3.8, 4) is 0 Å². The van der Waals surface area contributed by atoms with Gasteiger partial charge in [0.1, 0.15) is 5.78 Å². The van der Waals surface area contributed by atoms with Crippen LogP contribution in [0, 0.1) is 5.92 Å². The Hall–Kier alpha value is -0.305. The predicted octanol–water partition coefficient (Wildman–Crippen LogP) is 1.12. The molecule has 0 aromatic carbocycles. The Morgan fingerprint density at radius 1 is 1.42 bits per heavy atom. The number of carbonyl (C=O) groups excluding carboxylic acids is 1. The molecular formula is C9H18BNO. The number of rotatable bonds is 2. The monoisotopic (exact) mass is 167 g/mol. The van der Waals surface area contributed by atoms with Crippen molar-refractivity contribution in [2.45, 2.75) is 25.6 Å². The minimum absolute atomic E-state index is 0.241. The number of ketones is 1. The van der Waals surface area contributed by atoms with E-state index in [0.717, 1.165) is 12.8 Å². The molecule has 0 saturated heterocycles. The van der Waals surface area contributed by atoms with Crippen molar-refractivity contribution >= 4 is 13.6 Å². The highest BCUT2D eigenvalue weighted by molar-refractivity contribution is 6.20. The quantitative estimate of drug-likeness (QED) is 0.574. The molecule has 1 fully saturated rings.